The molecule has 0 bridgehead atoms. The van der Waals surface area contributed by atoms with Crippen LogP contribution in [0.4, 0.5) is 0 Å². The minimum absolute atomic E-state index is 0.366. The van der Waals surface area contributed by atoms with Crippen LogP contribution in [0.3, 0.4) is 0 Å². The highest BCUT2D eigenvalue weighted by Gasteiger charge is 2.44. The molecule has 0 spiro atoms. The van der Waals surface area contributed by atoms with E-state index in [0.717, 1.165) is 24.7 Å². The van der Waals surface area contributed by atoms with Crippen molar-refractivity contribution in [1.82, 2.24) is 0 Å². The molecule has 0 saturated heterocycles. The Morgan fingerprint density at radius 2 is 1.79 bits per heavy atom. The Labute approximate surface area is 87.9 Å². The molecule has 0 aromatic carbocycles. The van der Waals surface area contributed by atoms with E-state index in [-0.39, 0.29) is 5.60 Å². The molecule has 3 unspecified atom stereocenters. The summed E-state index contributed by atoms with van der Waals surface area (Å²) in [4.78, 5) is 0. The molecule has 2 rings (SSSR count). The molecule has 1 heteroatoms. The van der Waals surface area contributed by atoms with Crippen LogP contribution in [0.1, 0.15) is 59.3 Å². The molecule has 2 aliphatic carbocycles. The van der Waals surface area contributed by atoms with Crippen molar-refractivity contribution in [2.45, 2.75) is 64.9 Å². The maximum Gasteiger partial charge on any atom is 0.0622 e. The van der Waals surface area contributed by atoms with E-state index in [4.69, 9.17) is 0 Å². The predicted molar refractivity (Wildman–Crippen MR) is 59.1 cm³/mol. The van der Waals surface area contributed by atoms with Gasteiger partial charge in [-0.25, -0.2) is 0 Å². The summed E-state index contributed by atoms with van der Waals surface area (Å²) in [5, 5.41) is 10.1. The second kappa shape index (κ2) is 3.23. The zero-order valence-electron chi connectivity index (χ0n) is 9.84. The maximum absolute atomic E-state index is 10.1. The molecular weight excluding hydrogens is 172 g/mol. The first-order valence-electron chi connectivity index (χ1n) is 6.13. The molecule has 3 atom stereocenters. The van der Waals surface area contributed by atoms with Gasteiger partial charge in [0.15, 0.2) is 0 Å². The van der Waals surface area contributed by atoms with E-state index in [1.165, 1.54) is 25.7 Å². The summed E-state index contributed by atoms with van der Waals surface area (Å²) in [5.74, 6) is 1.67. The molecule has 1 nitrogen and oxygen atoms in total. The molecule has 2 fully saturated rings. The molecule has 0 aromatic rings. The SMILES string of the molecule is CC1(O)CCC2C(CCCC2(C)C)C1. The lowest BCUT2D eigenvalue weighted by Crippen LogP contribution is -2.44. The van der Waals surface area contributed by atoms with Gasteiger partial charge in [0.25, 0.3) is 0 Å². The lowest BCUT2D eigenvalue weighted by Gasteiger charge is -2.50. The van der Waals surface area contributed by atoms with E-state index >= 15 is 0 Å². The van der Waals surface area contributed by atoms with E-state index in [1.807, 2.05) is 6.92 Å². The van der Waals surface area contributed by atoms with Crippen LogP contribution in [-0.2, 0) is 0 Å². The Balaban J connectivity index is 2.11. The molecule has 0 heterocycles. The van der Waals surface area contributed by atoms with Gasteiger partial charge in [-0.2, -0.15) is 0 Å². The van der Waals surface area contributed by atoms with Crippen molar-refractivity contribution in [3.63, 3.8) is 0 Å². The molecule has 2 saturated carbocycles. The molecule has 0 amide bonds. The van der Waals surface area contributed by atoms with Crippen molar-refractivity contribution in [2.75, 3.05) is 0 Å². The van der Waals surface area contributed by atoms with E-state index in [1.54, 1.807) is 0 Å². The van der Waals surface area contributed by atoms with Gasteiger partial charge in [-0.05, 0) is 49.9 Å². The largest absolute Gasteiger partial charge is 0.390 e. The summed E-state index contributed by atoms with van der Waals surface area (Å²) in [6.45, 7) is 6.86. The highest BCUT2D eigenvalue weighted by atomic mass is 16.3. The van der Waals surface area contributed by atoms with Crippen molar-refractivity contribution >= 4 is 0 Å². The van der Waals surface area contributed by atoms with Crippen LogP contribution >= 0.6 is 0 Å². The maximum atomic E-state index is 10.1. The number of fused-ring (bicyclic) bond motifs is 1. The van der Waals surface area contributed by atoms with Crippen LogP contribution in [0.15, 0.2) is 0 Å². The predicted octanol–water partition coefficient (Wildman–Crippen LogP) is 3.36. The molecule has 0 radical (unpaired) electrons. The second-order valence-corrected chi connectivity index (χ2v) is 6.49. The third kappa shape index (κ3) is 1.84. The van der Waals surface area contributed by atoms with Crippen molar-refractivity contribution in [2.24, 2.45) is 17.3 Å². The first kappa shape index (κ1) is 10.5. The molecule has 2 aliphatic rings. The molecule has 0 aromatic heterocycles. The minimum Gasteiger partial charge on any atom is -0.390 e. The summed E-state index contributed by atoms with van der Waals surface area (Å²) < 4.78 is 0. The van der Waals surface area contributed by atoms with Gasteiger partial charge in [0.2, 0.25) is 0 Å². The number of hydrogen-bond acceptors (Lipinski definition) is 1. The van der Waals surface area contributed by atoms with Crippen molar-refractivity contribution < 1.29 is 5.11 Å². The van der Waals surface area contributed by atoms with Crippen LogP contribution in [0.25, 0.3) is 0 Å². The van der Waals surface area contributed by atoms with Gasteiger partial charge in [0.05, 0.1) is 5.60 Å². The minimum atomic E-state index is -0.366. The first-order chi connectivity index (χ1) is 6.41. The Kier molecular flexibility index (Phi) is 2.42. The summed E-state index contributed by atoms with van der Waals surface area (Å²) in [5.41, 5.74) is 0.161. The summed E-state index contributed by atoms with van der Waals surface area (Å²) in [6, 6.07) is 0. The van der Waals surface area contributed by atoms with Crippen molar-refractivity contribution in [3.8, 4) is 0 Å². The Hall–Kier alpha value is -0.0400. The zero-order chi connectivity index (χ0) is 10.4. The van der Waals surface area contributed by atoms with E-state index < -0.39 is 0 Å². The lowest BCUT2D eigenvalue weighted by molar-refractivity contribution is -0.0654. The number of aliphatic hydroxyl groups is 1. The fourth-order valence-corrected chi connectivity index (χ4v) is 3.85. The second-order valence-electron chi connectivity index (χ2n) is 6.49. The first-order valence-corrected chi connectivity index (χ1v) is 6.13. The van der Waals surface area contributed by atoms with Gasteiger partial charge in [-0.15, -0.1) is 0 Å². The highest BCUT2D eigenvalue weighted by molar-refractivity contribution is 4.95. The van der Waals surface area contributed by atoms with Gasteiger partial charge in [-0.3, -0.25) is 0 Å². The van der Waals surface area contributed by atoms with Crippen molar-refractivity contribution in [1.29, 1.82) is 0 Å². The topological polar surface area (TPSA) is 20.2 Å². The van der Waals surface area contributed by atoms with Crippen LogP contribution in [0, 0.1) is 17.3 Å². The zero-order valence-corrected chi connectivity index (χ0v) is 9.84. The average Bonchev–Trinajstić information content (AvgIpc) is 2.00. The Morgan fingerprint density at radius 3 is 2.50 bits per heavy atom. The van der Waals surface area contributed by atoms with Gasteiger partial charge >= 0.3 is 0 Å². The standard InChI is InChI=1S/C13H24O/c1-12(2)7-4-5-10-9-13(3,14)8-6-11(10)12/h10-11,14H,4-9H2,1-3H3. The van der Waals surface area contributed by atoms with E-state index in [9.17, 15) is 5.11 Å². The Morgan fingerprint density at radius 1 is 1.07 bits per heavy atom. The molecule has 14 heavy (non-hydrogen) atoms. The van der Waals surface area contributed by atoms with E-state index in [0.29, 0.717) is 5.41 Å². The molecule has 1 N–H and O–H groups in total. The quantitative estimate of drug-likeness (QED) is 0.630. The van der Waals surface area contributed by atoms with Gasteiger partial charge in [0, 0.05) is 0 Å². The number of hydrogen-bond donors (Lipinski definition) is 1. The van der Waals surface area contributed by atoms with E-state index in [2.05, 4.69) is 13.8 Å². The average molecular weight is 196 g/mol. The van der Waals surface area contributed by atoms with Crippen LogP contribution < -0.4 is 0 Å². The normalized spacial score (nSPS) is 47.1. The molecule has 82 valence electrons. The van der Waals surface area contributed by atoms with Gasteiger partial charge in [-0.1, -0.05) is 26.7 Å². The third-order valence-corrected chi connectivity index (χ3v) is 4.66. The van der Waals surface area contributed by atoms with Crippen molar-refractivity contribution in [3.05, 3.63) is 0 Å². The Bertz CT molecular complexity index is 217. The van der Waals surface area contributed by atoms with Crippen LogP contribution in [-0.4, -0.2) is 10.7 Å². The summed E-state index contributed by atoms with van der Waals surface area (Å²) in [7, 11) is 0. The molecule has 0 aliphatic heterocycles. The molecular formula is C13H24O. The fourth-order valence-electron chi connectivity index (χ4n) is 3.85. The summed E-state index contributed by atoms with van der Waals surface area (Å²) in [6.07, 6.45) is 7.40. The van der Waals surface area contributed by atoms with Gasteiger partial charge in [0.1, 0.15) is 0 Å². The smallest absolute Gasteiger partial charge is 0.0622 e. The van der Waals surface area contributed by atoms with Gasteiger partial charge < -0.3 is 5.11 Å². The highest BCUT2D eigenvalue weighted by Crippen LogP contribution is 2.52. The fraction of sp³-hybridized carbons (Fsp3) is 1.00. The monoisotopic (exact) mass is 196 g/mol. The van der Waals surface area contributed by atoms with Crippen LogP contribution in [0.5, 0.6) is 0 Å². The van der Waals surface area contributed by atoms with Crippen LogP contribution in [0.2, 0.25) is 0 Å². The lowest BCUT2D eigenvalue weighted by atomic mass is 9.57. The number of rotatable bonds is 0. The third-order valence-electron chi connectivity index (χ3n) is 4.66. The summed E-state index contributed by atoms with van der Waals surface area (Å²) >= 11 is 0.